The highest BCUT2D eigenvalue weighted by Gasteiger charge is 2.47. The van der Waals surface area contributed by atoms with E-state index in [1.54, 1.807) is 4.98 Å². The average molecular weight is 568 g/mol. The van der Waals surface area contributed by atoms with Crippen LogP contribution < -0.4 is 11.2 Å². The molecule has 21 heteroatoms. The SMILES string of the molecule is O=C[C@H](O)[C@@H](O)[C@H](O)[C@H](O)CO.O=c1[nH]c(=O)n([C@@H]2O[C@H](CO[P+](=O)O[P+](=O)O)[C@@H](O)[C@H]2O)cc1F. The van der Waals surface area contributed by atoms with Gasteiger partial charge in [0, 0.05) is 9.13 Å². The van der Waals surface area contributed by atoms with Gasteiger partial charge in [-0.25, -0.2) is 4.79 Å². The van der Waals surface area contributed by atoms with Gasteiger partial charge < -0.3 is 45.3 Å². The van der Waals surface area contributed by atoms with E-state index in [0.29, 0.717) is 10.8 Å². The second-order valence-corrected chi connectivity index (χ2v) is 8.72. The van der Waals surface area contributed by atoms with Crippen LogP contribution in [-0.2, 0) is 27.5 Å². The molecular formula is C15H23FN2O16P2+2. The quantitative estimate of drug-likeness (QED) is 0.0894. The molecule has 1 aromatic heterocycles. The van der Waals surface area contributed by atoms with Crippen molar-refractivity contribution in [2.75, 3.05) is 13.2 Å². The lowest BCUT2D eigenvalue weighted by atomic mass is 10.0. The van der Waals surface area contributed by atoms with Gasteiger partial charge in [0.1, 0.15) is 49.3 Å². The number of aliphatic hydroxyl groups is 7. The molecular weight excluding hydrogens is 545 g/mol. The van der Waals surface area contributed by atoms with Gasteiger partial charge in [-0.1, -0.05) is 0 Å². The zero-order chi connectivity index (χ0) is 27.7. The van der Waals surface area contributed by atoms with Gasteiger partial charge in [0.2, 0.25) is 5.82 Å². The first kappa shape index (κ1) is 32.1. The van der Waals surface area contributed by atoms with Crippen molar-refractivity contribution in [2.24, 2.45) is 0 Å². The predicted octanol–water partition coefficient (Wildman–Crippen LogP) is -4.74. The van der Waals surface area contributed by atoms with Gasteiger partial charge in [0.25, 0.3) is 5.56 Å². The van der Waals surface area contributed by atoms with E-state index in [0.717, 1.165) is 0 Å². The summed E-state index contributed by atoms with van der Waals surface area (Å²) >= 11 is 0. The molecule has 0 aliphatic carbocycles. The molecule has 204 valence electrons. The minimum Gasteiger partial charge on any atom is -0.394 e. The van der Waals surface area contributed by atoms with Crippen molar-refractivity contribution in [3.63, 3.8) is 0 Å². The Morgan fingerprint density at radius 3 is 2.31 bits per heavy atom. The number of ether oxygens (including phenoxy) is 1. The normalized spacial score (nSPS) is 25.7. The van der Waals surface area contributed by atoms with Crippen molar-refractivity contribution in [3.8, 4) is 0 Å². The number of halogens is 1. The third-order valence-corrected chi connectivity index (χ3v) is 5.89. The minimum atomic E-state index is -3.17. The van der Waals surface area contributed by atoms with Gasteiger partial charge in [-0.05, 0) is 0 Å². The number of carbonyl (C=O) groups excluding carboxylic acids is 1. The molecule has 1 aromatic rings. The summed E-state index contributed by atoms with van der Waals surface area (Å²) in [6.45, 7) is -1.39. The Labute approximate surface area is 200 Å². The second-order valence-electron chi connectivity index (χ2n) is 6.89. The van der Waals surface area contributed by atoms with Gasteiger partial charge in [-0.2, -0.15) is 4.39 Å². The second kappa shape index (κ2) is 14.7. The lowest BCUT2D eigenvalue weighted by Gasteiger charge is -2.22. The van der Waals surface area contributed by atoms with Crippen molar-refractivity contribution in [1.82, 2.24) is 9.55 Å². The van der Waals surface area contributed by atoms with Gasteiger partial charge in [0.15, 0.2) is 16.8 Å². The predicted molar refractivity (Wildman–Crippen MR) is 109 cm³/mol. The number of aromatic amines is 1. The number of aldehydes is 1. The van der Waals surface area contributed by atoms with Gasteiger partial charge in [-0.3, -0.25) is 14.3 Å². The molecule has 0 saturated carbocycles. The summed E-state index contributed by atoms with van der Waals surface area (Å²) in [6, 6.07) is 0. The monoisotopic (exact) mass is 568 g/mol. The van der Waals surface area contributed by atoms with Gasteiger partial charge >= 0.3 is 22.2 Å². The third-order valence-electron chi connectivity index (χ3n) is 4.44. The fourth-order valence-electron chi connectivity index (χ4n) is 2.58. The van der Waals surface area contributed by atoms with Crippen LogP contribution in [0.1, 0.15) is 6.23 Å². The summed E-state index contributed by atoms with van der Waals surface area (Å²) in [5, 5.41) is 63.2. The Morgan fingerprint density at radius 1 is 1.17 bits per heavy atom. The van der Waals surface area contributed by atoms with Crippen LogP contribution in [0.25, 0.3) is 0 Å². The van der Waals surface area contributed by atoms with Crippen LogP contribution in [-0.4, -0.2) is 112 Å². The number of rotatable bonds is 11. The summed E-state index contributed by atoms with van der Waals surface area (Å²) in [6.07, 6.45) is -12.5. The first-order chi connectivity index (χ1) is 16.7. The van der Waals surface area contributed by atoms with Crippen molar-refractivity contribution >= 4 is 22.8 Å². The molecule has 0 spiro atoms. The molecule has 0 bridgehead atoms. The number of hydrogen-bond acceptors (Lipinski definition) is 15. The standard InChI is InChI=1S/C9H9FN2O10P2.C6H12O6/c10-3-1-12(9(16)11-7(3)15)8-6(14)5(13)4(21-8)2-20-24(19)22-23(17)18;7-1-3(9)5(11)6(12)4(10)2-8/h1,4-6,8,13-14H,2H2;1,3-6,8-12H,2H2/p+2/t4-,5-,6-,8-;3-,4+,5+,6+/m10/s1. The number of carbonyl (C=O) groups is 1. The van der Waals surface area contributed by atoms with Crippen LogP contribution in [0.2, 0.25) is 0 Å². The molecule has 1 aliphatic rings. The molecule has 36 heavy (non-hydrogen) atoms. The minimum absolute atomic E-state index is 0.0258. The topological polar surface area (TPSA) is 296 Å². The summed E-state index contributed by atoms with van der Waals surface area (Å²) in [5.41, 5.74) is -2.36. The molecule has 0 amide bonds. The van der Waals surface area contributed by atoms with Crippen molar-refractivity contribution in [3.05, 3.63) is 32.9 Å². The van der Waals surface area contributed by atoms with Gasteiger partial charge in [0.05, 0.1) is 12.8 Å². The lowest BCUT2D eigenvalue weighted by Crippen LogP contribution is -2.46. The fourth-order valence-corrected chi connectivity index (χ4v) is 3.49. The highest BCUT2D eigenvalue weighted by Crippen LogP contribution is 2.37. The number of aromatic nitrogens is 2. The summed E-state index contributed by atoms with van der Waals surface area (Å²) < 4.78 is 48.8. The summed E-state index contributed by atoms with van der Waals surface area (Å²) in [5.74, 6) is -1.32. The van der Waals surface area contributed by atoms with E-state index < -0.39 is 95.7 Å². The molecule has 0 aromatic carbocycles. The maximum atomic E-state index is 13.3. The van der Waals surface area contributed by atoms with Crippen LogP contribution in [0, 0.1) is 5.82 Å². The molecule has 1 saturated heterocycles. The molecule has 1 aliphatic heterocycles. The van der Waals surface area contributed by atoms with Crippen LogP contribution in [0.15, 0.2) is 15.8 Å². The number of H-pyrrole nitrogens is 1. The van der Waals surface area contributed by atoms with E-state index in [4.69, 9.17) is 35.2 Å². The maximum absolute atomic E-state index is 13.3. The summed E-state index contributed by atoms with van der Waals surface area (Å²) in [4.78, 5) is 42.5. The molecule has 10 atom stereocenters. The Balaban J connectivity index is 0.000000457. The molecule has 2 heterocycles. The van der Waals surface area contributed by atoms with Crippen molar-refractivity contribution < 1.29 is 72.5 Å². The largest absolute Gasteiger partial charge is 0.747 e. The van der Waals surface area contributed by atoms with E-state index >= 15 is 0 Å². The first-order valence-corrected chi connectivity index (χ1v) is 11.7. The maximum Gasteiger partial charge on any atom is 0.747 e. The molecule has 9 N–H and O–H groups in total. The number of nitrogens with one attached hydrogen (secondary N) is 1. The highest BCUT2D eigenvalue weighted by molar-refractivity contribution is 7.47. The van der Waals surface area contributed by atoms with Gasteiger partial charge in [-0.15, -0.1) is 9.42 Å². The Morgan fingerprint density at radius 2 is 1.78 bits per heavy atom. The number of aliphatic hydroxyl groups excluding tert-OH is 7. The Bertz CT molecular complexity index is 1020. The van der Waals surface area contributed by atoms with E-state index in [-0.39, 0.29) is 6.29 Å². The number of nitrogens with zero attached hydrogens (tertiary/aromatic N) is 1. The van der Waals surface area contributed by atoms with Crippen molar-refractivity contribution in [1.29, 1.82) is 0 Å². The smallest absolute Gasteiger partial charge is 0.394 e. The molecule has 1 fully saturated rings. The van der Waals surface area contributed by atoms with E-state index in [1.807, 2.05) is 0 Å². The molecule has 2 unspecified atom stereocenters. The van der Waals surface area contributed by atoms with Crippen LogP contribution in [0.4, 0.5) is 4.39 Å². The van der Waals surface area contributed by atoms with Crippen molar-refractivity contribution in [2.45, 2.75) is 49.0 Å². The lowest BCUT2D eigenvalue weighted by molar-refractivity contribution is -0.136. The Hall–Kier alpha value is -1.96. The molecule has 18 nitrogen and oxygen atoms in total. The first-order valence-electron chi connectivity index (χ1n) is 9.50. The highest BCUT2D eigenvalue weighted by atomic mass is 31.2. The van der Waals surface area contributed by atoms with Crippen LogP contribution >= 0.6 is 16.5 Å². The molecule has 0 radical (unpaired) electrons. The van der Waals surface area contributed by atoms with E-state index in [2.05, 4.69) is 8.83 Å². The third kappa shape index (κ3) is 8.86. The summed E-state index contributed by atoms with van der Waals surface area (Å²) in [7, 11) is -6.16. The van der Waals surface area contributed by atoms with E-state index in [9.17, 15) is 38.1 Å². The Kier molecular flexibility index (Phi) is 13.1. The van der Waals surface area contributed by atoms with Crippen LogP contribution in [0.5, 0.6) is 0 Å². The zero-order valence-corrected chi connectivity index (χ0v) is 19.5. The van der Waals surface area contributed by atoms with E-state index in [1.165, 1.54) is 0 Å². The average Bonchev–Trinajstić information content (AvgIpc) is 3.11. The molecule has 2 rings (SSSR count). The number of hydrogen-bond donors (Lipinski definition) is 9. The van der Waals surface area contributed by atoms with Crippen LogP contribution in [0.3, 0.4) is 0 Å². The zero-order valence-electron chi connectivity index (χ0n) is 17.8. The fraction of sp³-hybridized carbons (Fsp3) is 0.667.